The molecule has 0 saturated carbocycles. The number of nitrogens with zero attached hydrogens (tertiary/aromatic N) is 9. The molecule has 0 bridgehead atoms. The van der Waals surface area contributed by atoms with E-state index in [1.165, 1.54) is 6.20 Å². The SMILES string of the molecule is CC(C)Nc1cc(-n2ncc3cc(C#N)cnc32)ncc1-c1cn(C2CCCN(C=O)C2)nn1. The maximum absolute atomic E-state index is 11.2. The fraction of sp³-hybridized carbons (Fsp3) is 0.348. The first-order chi connectivity index (χ1) is 16.6. The summed E-state index contributed by atoms with van der Waals surface area (Å²) in [5.41, 5.74) is 3.48. The Morgan fingerprint density at radius 1 is 1.24 bits per heavy atom. The van der Waals surface area contributed by atoms with Crippen LogP contribution in [0.1, 0.15) is 38.3 Å². The predicted molar refractivity (Wildman–Crippen MR) is 125 cm³/mol. The second kappa shape index (κ2) is 8.90. The Kier molecular flexibility index (Phi) is 5.63. The van der Waals surface area contributed by atoms with Gasteiger partial charge in [0.15, 0.2) is 11.5 Å². The summed E-state index contributed by atoms with van der Waals surface area (Å²) in [4.78, 5) is 22.0. The van der Waals surface area contributed by atoms with Crippen molar-refractivity contribution in [3.8, 4) is 23.1 Å². The summed E-state index contributed by atoms with van der Waals surface area (Å²) in [5.74, 6) is 0.598. The van der Waals surface area contributed by atoms with Crippen molar-refractivity contribution >= 4 is 23.1 Å². The van der Waals surface area contributed by atoms with Gasteiger partial charge in [0.1, 0.15) is 11.8 Å². The Morgan fingerprint density at radius 2 is 2.12 bits per heavy atom. The van der Waals surface area contributed by atoms with Gasteiger partial charge in [-0.3, -0.25) is 4.79 Å². The summed E-state index contributed by atoms with van der Waals surface area (Å²) in [5, 5.41) is 26.5. The Morgan fingerprint density at radius 3 is 2.91 bits per heavy atom. The van der Waals surface area contributed by atoms with Crippen molar-refractivity contribution < 1.29 is 4.79 Å². The van der Waals surface area contributed by atoms with Gasteiger partial charge in [-0.25, -0.2) is 14.6 Å². The van der Waals surface area contributed by atoms with Crippen LogP contribution < -0.4 is 5.32 Å². The predicted octanol–water partition coefficient (Wildman–Crippen LogP) is 2.56. The number of piperidine rings is 1. The van der Waals surface area contributed by atoms with Gasteiger partial charge in [-0.1, -0.05) is 5.21 Å². The maximum Gasteiger partial charge on any atom is 0.209 e. The molecule has 1 unspecified atom stereocenters. The molecule has 1 atom stereocenters. The van der Waals surface area contributed by atoms with Gasteiger partial charge in [0.2, 0.25) is 6.41 Å². The largest absolute Gasteiger partial charge is 0.382 e. The molecule has 0 aliphatic carbocycles. The maximum atomic E-state index is 11.2. The lowest BCUT2D eigenvalue weighted by atomic mass is 10.1. The average Bonchev–Trinajstić information content (AvgIpc) is 3.51. The molecule has 34 heavy (non-hydrogen) atoms. The summed E-state index contributed by atoms with van der Waals surface area (Å²) in [6, 6.07) is 6.04. The van der Waals surface area contributed by atoms with Gasteiger partial charge in [0.05, 0.1) is 24.0 Å². The van der Waals surface area contributed by atoms with Gasteiger partial charge in [-0.2, -0.15) is 15.0 Å². The van der Waals surface area contributed by atoms with Crippen molar-refractivity contribution in [3.05, 3.63) is 42.5 Å². The topological polar surface area (TPSA) is 130 Å². The number of nitrogens with one attached hydrogen (secondary N) is 1. The van der Waals surface area contributed by atoms with Crippen LogP contribution in [0, 0.1) is 11.3 Å². The molecule has 11 nitrogen and oxygen atoms in total. The monoisotopic (exact) mass is 456 g/mol. The standard InChI is InChI=1S/C23H24N10O/c1-15(2)28-20-7-22(33-23-17(10-27-33)6-16(8-24)9-26-23)25-11-19(20)21-13-32(30-29-21)18-4-3-5-31(12-18)14-34/h6-7,9-11,13-15,18H,3-5,12H2,1-2H3,(H,25,28). The minimum Gasteiger partial charge on any atom is -0.382 e. The van der Waals surface area contributed by atoms with Crippen molar-refractivity contribution in [3.63, 3.8) is 0 Å². The molecule has 0 radical (unpaired) electrons. The van der Waals surface area contributed by atoms with Crippen molar-refractivity contribution in [1.82, 2.24) is 39.6 Å². The highest BCUT2D eigenvalue weighted by atomic mass is 16.1. The summed E-state index contributed by atoms with van der Waals surface area (Å²) in [7, 11) is 0. The number of pyridine rings is 2. The number of hydrogen-bond acceptors (Lipinski definition) is 8. The Bertz CT molecular complexity index is 1380. The van der Waals surface area contributed by atoms with Crippen molar-refractivity contribution in [1.29, 1.82) is 5.26 Å². The fourth-order valence-corrected chi connectivity index (χ4v) is 4.22. The Hall–Kier alpha value is -4.33. The van der Waals surface area contributed by atoms with Crippen molar-refractivity contribution in [2.24, 2.45) is 0 Å². The summed E-state index contributed by atoms with van der Waals surface area (Å²) >= 11 is 0. The lowest BCUT2D eigenvalue weighted by Crippen LogP contribution is -2.35. The number of likely N-dealkylation sites (tertiary alicyclic amines) is 1. The van der Waals surface area contributed by atoms with E-state index < -0.39 is 0 Å². The zero-order valence-electron chi connectivity index (χ0n) is 19.0. The number of anilines is 1. The number of hydrogen-bond donors (Lipinski definition) is 1. The van der Waals surface area contributed by atoms with Gasteiger partial charge in [0.25, 0.3) is 0 Å². The highest BCUT2D eigenvalue weighted by molar-refractivity contribution is 5.79. The highest BCUT2D eigenvalue weighted by Gasteiger charge is 2.22. The van der Waals surface area contributed by atoms with Gasteiger partial charge >= 0.3 is 0 Å². The van der Waals surface area contributed by atoms with Crippen LogP contribution >= 0.6 is 0 Å². The highest BCUT2D eigenvalue weighted by Crippen LogP contribution is 2.30. The molecular formula is C23H24N10O. The normalized spacial score (nSPS) is 16.1. The third-order valence-electron chi connectivity index (χ3n) is 5.83. The number of nitriles is 1. The molecule has 4 aromatic heterocycles. The molecule has 11 heteroatoms. The minimum absolute atomic E-state index is 0.105. The number of fused-ring (bicyclic) bond motifs is 1. The van der Waals surface area contributed by atoms with E-state index in [1.54, 1.807) is 28.0 Å². The Labute approximate surface area is 196 Å². The summed E-state index contributed by atoms with van der Waals surface area (Å²) in [6.45, 7) is 5.54. The number of amides is 1. The molecular weight excluding hydrogens is 432 g/mol. The third kappa shape index (κ3) is 4.05. The number of carbonyl (C=O) groups excluding carboxylic acids is 1. The van der Waals surface area contributed by atoms with Gasteiger partial charge in [-0.15, -0.1) is 5.10 Å². The molecule has 1 N–H and O–H groups in total. The lowest BCUT2D eigenvalue weighted by molar-refractivity contribution is -0.119. The minimum atomic E-state index is 0.105. The summed E-state index contributed by atoms with van der Waals surface area (Å²) < 4.78 is 3.49. The molecule has 1 fully saturated rings. The van der Waals surface area contributed by atoms with Gasteiger partial charge < -0.3 is 10.2 Å². The van der Waals surface area contributed by atoms with E-state index in [0.717, 1.165) is 42.4 Å². The van der Waals surface area contributed by atoms with Crippen LogP contribution in [-0.2, 0) is 4.79 Å². The van der Waals surface area contributed by atoms with Crippen molar-refractivity contribution in [2.45, 2.75) is 38.8 Å². The molecule has 5 heterocycles. The van der Waals surface area contributed by atoms with Crippen LogP contribution in [0.25, 0.3) is 28.1 Å². The average molecular weight is 457 g/mol. The van der Waals surface area contributed by atoms with Crippen LogP contribution in [0.3, 0.4) is 0 Å². The summed E-state index contributed by atoms with van der Waals surface area (Å²) in [6.07, 6.45) is 9.65. The first-order valence-corrected chi connectivity index (χ1v) is 11.2. The third-order valence-corrected chi connectivity index (χ3v) is 5.83. The van der Waals surface area contributed by atoms with E-state index in [-0.39, 0.29) is 12.1 Å². The van der Waals surface area contributed by atoms with E-state index in [4.69, 9.17) is 5.26 Å². The number of rotatable bonds is 6. The first kappa shape index (κ1) is 21.5. The van der Waals surface area contributed by atoms with E-state index >= 15 is 0 Å². The molecule has 4 aromatic rings. The molecule has 1 aliphatic heterocycles. The second-order valence-electron chi connectivity index (χ2n) is 8.67. The molecule has 1 aliphatic rings. The van der Waals surface area contributed by atoms with E-state index in [1.807, 2.05) is 16.9 Å². The van der Waals surface area contributed by atoms with Crippen molar-refractivity contribution in [2.75, 3.05) is 18.4 Å². The van der Waals surface area contributed by atoms with Crippen LogP contribution in [0.4, 0.5) is 5.69 Å². The molecule has 5 rings (SSSR count). The van der Waals surface area contributed by atoms with Crippen LogP contribution in [-0.4, -0.2) is 65.2 Å². The van der Waals surface area contributed by atoms with Gasteiger partial charge in [0, 0.05) is 54.2 Å². The zero-order chi connectivity index (χ0) is 23.7. The zero-order valence-corrected chi connectivity index (χ0v) is 19.0. The van der Waals surface area contributed by atoms with Crippen LogP contribution in [0.2, 0.25) is 0 Å². The van der Waals surface area contributed by atoms with Crippen LogP contribution in [0.5, 0.6) is 0 Å². The molecule has 1 saturated heterocycles. The molecule has 1 amide bonds. The second-order valence-corrected chi connectivity index (χ2v) is 8.67. The fourth-order valence-electron chi connectivity index (χ4n) is 4.22. The van der Waals surface area contributed by atoms with E-state index in [0.29, 0.717) is 29.3 Å². The first-order valence-electron chi connectivity index (χ1n) is 11.2. The lowest BCUT2D eigenvalue weighted by Gasteiger charge is -2.29. The molecule has 0 spiro atoms. The molecule has 172 valence electrons. The van der Waals surface area contributed by atoms with Gasteiger partial charge in [-0.05, 0) is 32.8 Å². The number of aromatic nitrogens is 7. The van der Waals surface area contributed by atoms with E-state index in [2.05, 4.69) is 50.6 Å². The smallest absolute Gasteiger partial charge is 0.209 e. The number of carbonyl (C=O) groups is 1. The molecule has 0 aromatic carbocycles. The van der Waals surface area contributed by atoms with E-state index in [9.17, 15) is 4.79 Å². The Balaban J connectivity index is 1.50. The van der Waals surface area contributed by atoms with Crippen LogP contribution in [0.15, 0.2) is 36.9 Å². The quantitative estimate of drug-likeness (QED) is 0.438.